The number of ketones is 1. The number of carbonyl (C=O) groups excluding carboxylic acids is 1. The fraction of sp³-hybridized carbons (Fsp3) is 0.0370. The molecular weight excluding hydrogens is 434 g/mol. The highest BCUT2D eigenvalue weighted by Crippen LogP contribution is 2.34. The zero-order chi connectivity index (χ0) is 20.9. The number of carbonyl (C=O) groups is 1. The molecule has 4 aromatic rings. The van der Waals surface area contributed by atoms with E-state index in [1.807, 2.05) is 97.9 Å². The minimum absolute atomic E-state index is 0.0570. The zero-order valence-corrected chi connectivity index (χ0v) is 18.1. The second kappa shape index (κ2) is 9.02. The van der Waals surface area contributed by atoms with E-state index in [-0.39, 0.29) is 5.78 Å². The Kier molecular flexibility index (Phi) is 6.01. The molecule has 0 spiro atoms. The SMILES string of the molecule is Cc1nc2ccc(Br)cc2c(-c2ccccc2)c1C(=O)/C=C/C=C/c1ccccc1. The van der Waals surface area contributed by atoms with Gasteiger partial charge in [0.15, 0.2) is 5.78 Å². The van der Waals surface area contributed by atoms with Gasteiger partial charge in [-0.2, -0.15) is 0 Å². The molecule has 0 unspecified atom stereocenters. The second-order valence-corrected chi connectivity index (χ2v) is 7.88. The van der Waals surface area contributed by atoms with Crippen LogP contribution in [0.15, 0.2) is 102 Å². The van der Waals surface area contributed by atoms with E-state index >= 15 is 0 Å². The Hall–Kier alpha value is -3.30. The van der Waals surface area contributed by atoms with Crippen LogP contribution in [-0.4, -0.2) is 10.8 Å². The average Bonchev–Trinajstić information content (AvgIpc) is 2.77. The largest absolute Gasteiger partial charge is 0.289 e. The molecule has 0 atom stereocenters. The summed E-state index contributed by atoms with van der Waals surface area (Å²) in [6.45, 7) is 1.90. The summed E-state index contributed by atoms with van der Waals surface area (Å²) in [6.07, 6.45) is 7.26. The molecule has 0 aliphatic rings. The maximum atomic E-state index is 13.2. The van der Waals surface area contributed by atoms with Crippen LogP contribution in [-0.2, 0) is 0 Å². The van der Waals surface area contributed by atoms with Crippen LogP contribution in [0.5, 0.6) is 0 Å². The Bertz CT molecular complexity index is 1260. The summed E-state index contributed by atoms with van der Waals surface area (Å²) in [5.41, 5.74) is 5.25. The van der Waals surface area contributed by atoms with Crippen LogP contribution < -0.4 is 0 Å². The summed E-state index contributed by atoms with van der Waals surface area (Å²) in [4.78, 5) is 17.9. The van der Waals surface area contributed by atoms with Gasteiger partial charge in [-0.25, -0.2) is 0 Å². The topological polar surface area (TPSA) is 30.0 Å². The molecule has 0 saturated heterocycles. The first-order valence-electron chi connectivity index (χ1n) is 9.73. The quantitative estimate of drug-likeness (QED) is 0.178. The van der Waals surface area contributed by atoms with Gasteiger partial charge < -0.3 is 0 Å². The van der Waals surface area contributed by atoms with Crippen molar-refractivity contribution >= 4 is 38.7 Å². The Balaban J connectivity index is 1.79. The Morgan fingerprint density at radius 2 is 1.60 bits per heavy atom. The van der Waals surface area contributed by atoms with E-state index in [2.05, 4.69) is 15.9 Å². The number of allylic oxidation sites excluding steroid dienone is 3. The third-order valence-corrected chi connectivity index (χ3v) is 5.38. The van der Waals surface area contributed by atoms with Gasteiger partial charge in [-0.15, -0.1) is 0 Å². The van der Waals surface area contributed by atoms with Crippen molar-refractivity contribution in [3.05, 3.63) is 118 Å². The molecule has 0 saturated carbocycles. The molecule has 0 aliphatic heterocycles. The lowest BCUT2D eigenvalue weighted by atomic mass is 9.92. The summed E-state index contributed by atoms with van der Waals surface area (Å²) < 4.78 is 0.956. The van der Waals surface area contributed by atoms with Crippen LogP contribution in [0.1, 0.15) is 21.6 Å². The van der Waals surface area contributed by atoms with Gasteiger partial charge in [0.1, 0.15) is 0 Å². The first-order valence-corrected chi connectivity index (χ1v) is 10.5. The van der Waals surface area contributed by atoms with Crippen molar-refractivity contribution in [2.45, 2.75) is 6.92 Å². The molecule has 3 heteroatoms. The Morgan fingerprint density at radius 1 is 0.900 bits per heavy atom. The predicted octanol–water partition coefficient (Wildman–Crippen LogP) is 7.43. The zero-order valence-electron chi connectivity index (χ0n) is 16.5. The van der Waals surface area contributed by atoms with Gasteiger partial charge in [-0.05, 0) is 42.3 Å². The van der Waals surface area contributed by atoms with Crippen molar-refractivity contribution in [3.8, 4) is 11.1 Å². The van der Waals surface area contributed by atoms with E-state index in [1.54, 1.807) is 12.2 Å². The number of benzene rings is 3. The molecule has 0 N–H and O–H groups in total. The highest BCUT2D eigenvalue weighted by molar-refractivity contribution is 9.10. The van der Waals surface area contributed by atoms with Crippen molar-refractivity contribution in [1.29, 1.82) is 0 Å². The van der Waals surface area contributed by atoms with E-state index < -0.39 is 0 Å². The summed E-state index contributed by atoms with van der Waals surface area (Å²) in [5.74, 6) is -0.0570. The molecule has 0 aliphatic carbocycles. The van der Waals surface area contributed by atoms with Crippen LogP contribution in [0, 0.1) is 6.92 Å². The predicted molar refractivity (Wildman–Crippen MR) is 129 cm³/mol. The minimum atomic E-state index is -0.0570. The molecule has 1 aromatic heterocycles. The van der Waals surface area contributed by atoms with E-state index in [0.29, 0.717) is 5.56 Å². The number of rotatable bonds is 5. The van der Waals surface area contributed by atoms with Crippen molar-refractivity contribution < 1.29 is 4.79 Å². The summed E-state index contributed by atoms with van der Waals surface area (Å²) >= 11 is 3.56. The van der Waals surface area contributed by atoms with Gasteiger partial charge in [0, 0.05) is 21.1 Å². The van der Waals surface area contributed by atoms with E-state index in [9.17, 15) is 4.79 Å². The highest BCUT2D eigenvalue weighted by Gasteiger charge is 2.18. The first-order chi connectivity index (χ1) is 14.6. The standard InChI is InChI=1S/C27H20BrNO/c1-19-26(25(30)15-9-8-12-20-10-4-2-5-11-20)27(21-13-6-3-7-14-21)23-18-22(28)16-17-24(23)29-19/h2-18H,1H3/b12-8+,15-9+. The lowest BCUT2D eigenvalue weighted by Crippen LogP contribution is -2.05. The van der Waals surface area contributed by atoms with Gasteiger partial charge in [-0.3, -0.25) is 9.78 Å². The van der Waals surface area contributed by atoms with Crippen LogP contribution in [0.25, 0.3) is 28.1 Å². The smallest absolute Gasteiger partial charge is 0.188 e. The lowest BCUT2D eigenvalue weighted by Gasteiger charge is -2.14. The molecule has 30 heavy (non-hydrogen) atoms. The third-order valence-electron chi connectivity index (χ3n) is 4.88. The average molecular weight is 454 g/mol. The van der Waals surface area contributed by atoms with Gasteiger partial charge in [0.05, 0.1) is 11.1 Å². The molecule has 1 heterocycles. The van der Waals surface area contributed by atoms with Crippen molar-refractivity contribution in [2.24, 2.45) is 0 Å². The van der Waals surface area contributed by atoms with Crippen molar-refractivity contribution in [3.63, 3.8) is 0 Å². The highest BCUT2D eigenvalue weighted by atomic mass is 79.9. The molecule has 3 aromatic carbocycles. The van der Waals surface area contributed by atoms with Crippen LogP contribution in [0.4, 0.5) is 0 Å². The number of fused-ring (bicyclic) bond motifs is 1. The van der Waals surface area contributed by atoms with Gasteiger partial charge in [0.25, 0.3) is 0 Å². The number of pyridine rings is 1. The Labute approximate surface area is 184 Å². The second-order valence-electron chi connectivity index (χ2n) is 6.97. The van der Waals surface area contributed by atoms with E-state index in [1.165, 1.54) is 0 Å². The van der Waals surface area contributed by atoms with Crippen molar-refractivity contribution in [2.75, 3.05) is 0 Å². The monoisotopic (exact) mass is 453 g/mol. The van der Waals surface area contributed by atoms with Crippen LogP contribution in [0.2, 0.25) is 0 Å². The third kappa shape index (κ3) is 4.32. The van der Waals surface area contributed by atoms with E-state index in [0.717, 1.165) is 37.8 Å². The fourth-order valence-corrected chi connectivity index (χ4v) is 3.88. The number of nitrogens with zero attached hydrogens (tertiary/aromatic N) is 1. The normalized spacial score (nSPS) is 11.5. The fourth-order valence-electron chi connectivity index (χ4n) is 3.52. The molecule has 4 rings (SSSR count). The van der Waals surface area contributed by atoms with Gasteiger partial charge in [-0.1, -0.05) is 94.8 Å². The van der Waals surface area contributed by atoms with E-state index in [4.69, 9.17) is 4.98 Å². The number of aromatic nitrogens is 1. The molecule has 0 radical (unpaired) electrons. The molecule has 146 valence electrons. The van der Waals surface area contributed by atoms with Crippen LogP contribution in [0.3, 0.4) is 0 Å². The number of aryl methyl sites for hydroxylation is 1. The molecule has 0 fully saturated rings. The maximum absolute atomic E-state index is 13.2. The number of halogens is 1. The number of hydrogen-bond acceptors (Lipinski definition) is 2. The van der Waals surface area contributed by atoms with Gasteiger partial charge >= 0.3 is 0 Å². The van der Waals surface area contributed by atoms with Crippen LogP contribution >= 0.6 is 15.9 Å². The lowest BCUT2D eigenvalue weighted by molar-refractivity contribution is 0.104. The summed E-state index contributed by atoms with van der Waals surface area (Å²) in [5, 5.41) is 0.956. The maximum Gasteiger partial charge on any atom is 0.188 e. The van der Waals surface area contributed by atoms with Crippen molar-refractivity contribution in [1.82, 2.24) is 4.98 Å². The van der Waals surface area contributed by atoms with Gasteiger partial charge in [0.2, 0.25) is 0 Å². The number of hydrogen-bond donors (Lipinski definition) is 0. The summed E-state index contributed by atoms with van der Waals surface area (Å²) in [6, 6.07) is 26.0. The molecule has 2 nitrogen and oxygen atoms in total. The Morgan fingerprint density at radius 3 is 2.33 bits per heavy atom. The summed E-state index contributed by atoms with van der Waals surface area (Å²) in [7, 11) is 0. The molecular formula is C27H20BrNO. The molecule has 0 bridgehead atoms. The minimum Gasteiger partial charge on any atom is -0.289 e. The molecule has 0 amide bonds. The first kappa shape index (κ1) is 20.0.